The molecule has 88 valence electrons. The van der Waals surface area contributed by atoms with E-state index in [0.29, 0.717) is 5.82 Å². The smallest absolute Gasteiger partial charge is 0.321 e. The Morgan fingerprint density at radius 1 is 0.941 bits per heavy atom. The van der Waals surface area contributed by atoms with E-state index < -0.39 is 0 Å². The Morgan fingerprint density at radius 2 is 1.65 bits per heavy atom. The van der Waals surface area contributed by atoms with Crippen LogP contribution in [0.2, 0.25) is 5.28 Å². The summed E-state index contributed by atoms with van der Waals surface area (Å²) in [6, 6.07) is 7.50. The third kappa shape index (κ3) is 2.62. The predicted octanol–water partition coefficient (Wildman–Crippen LogP) is 2.21. The highest BCUT2D eigenvalue weighted by atomic mass is 35.5. The molecule has 1 aromatic heterocycles. The Hall–Kier alpha value is -1.88. The molecule has 17 heavy (non-hydrogen) atoms. The largest absolute Gasteiger partial charge is 0.497 e. The molecule has 1 aromatic carbocycles. The van der Waals surface area contributed by atoms with Gasteiger partial charge in [0.2, 0.25) is 5.28 Å². The number of halogens is 1. The van der Waals surface area contributed by atoms with E-state index in [4.69, 9.17) is 21.1 Å². The first-order chi connectivity index (χ1) is 8.22. The first-order valence-corrected chi connectivity index (χ1v) is 5.20. The molecule has 0 saturated carbocycles. The molecule has 0 bridgehead atoms. The zero-order valence-corrected chi connectivity index (χ0v) is 10.1. The molecule has 6 heteroatoms. The summed E-state index contributed by atoms with van der Waals surface area (Å²) in [5.41, 5.74) is 0.813. The van der Waals surface area contributed by atoms with Gasteiger partial charge in [-0.05, 0) is 35.9 Å². The molecule has 0 aliphatic rings. The molecular formula is C11H10ClN3O2. The standard InChI is InChI=1S/C11H10ClN3O2/c1-16-8-5-3-7(4-6-8)9-13-10(12)15-11(14-9)17-2/h3-6H,1-2H3. The van der Waals surface area contributed by atoms with Gasteiger partial charge in [0, 0.05) is 5.56 Å². The number of methoxy groups -OCH3 is 2. The van der Waals surface area contributed by atoms with Crippen LogP contribution in [0.1, 0.15) is 0 Å². The van der Waals surface area contributed by atoms with Gasteiger partial charge in [-0.2, -0.15) is 15.0 Å². The van der Waals surface area contributed by atoms with Crippen molar-refractivity contribution in [2.24, 2.45) is 0 Å². The van der Waals surface area contributed by atoms with Crippen molar-refractivity contribution in [3.63, 3.8) is 0 Å². The lowest BCUT2D eigenvalue weighted by molar-refractivity contribution is 0.379. The van der Waals surface area contributed by atoms with Gasteiger partial charge in [0.1, 0.15) is 5.75 Å². The molecule has 0 atom stereocenters. The summed E-state index contributed by atoms with van der Waals surface area (Å²) in [4.78, 5) is 11.9. The quantitative estimate of drug-likeness (QED) is 0.837. The van der Waals surface area contributed by atoms with E-state index in [-0.39, 0.29) is 11.3 Å². The first-order valence-electron chi connectivity index (χ1n) is 4.83. The van der Waals surface area contributed by atoms with Crippen LogP contribution >= 0.6 is 11.6 Å². The maximum absolute atomic E-state index is 5.77. The van der Waals surface area contributed by atoms with Crippen LogP contribution in [-0.2, 0) is 0 Å². The van der Waals surface area contributed by atoms with Gasteiger partial charge in [-0.15, -0.1) is 0 Å². The first kappa shape index (κ1) is 11.6. The van der Waals surface area contributed by atoms with Gasteiger partial charge in [0.05, 0.1) is 14.2 Å². The van der Waals surface area contributed by atoms with Crippen molar-refractivity contribution in [2.75, 3.05) is 14.2 Å². The van der Waals surface area contributed by atoms with Crippen molar-refractivity contribution in [3.8, 4) is 23.1 Å². The maximum atomic E-state index is 5.77. The van der Waals surface area contributed by atoms with Gasteiger partial charge >= 0.3 is 6.01 Å². The van der Waals surface area contributed by atoms with Crippen LogP contribution in [-0.4, -0.2) is 29.2 Å². The Labute approximate surface area is 103 Å². The molecule has 2 aromatic rings. The Kier molecular flexibility index (Phi) is 3.39. The van der Waals surface area contributed by atoms with E-state index in [2.05, 4.69) is 15.0 Å². The number of ether oxygens (including phenoxy) is 2. The van der Waals surface area contributed by atoms with Crippen molar-refractivity contribution in [3.05, 3.63) is 29.5 Å². The molecule has 0 radical (unpaired) electrons. The third-order valence-electron chi connectivity index (χ3n) is 2.12. The number of hydrogen-bond donors (Lipinski definition) is 0. The summed E-state index contributed by atoms with van der Waals surface area (Å²) < 4.78 is 10.0. The Bertz CT molecular complexity index is 517. The van der Waals surface area contributed by atoms with Gasteiger partial charge in [0.25, 0.3) is 0 Å². The minimum atomic E-state index is 0.0997. The molecule has 0 spiro atoms. The highest BCUT2D eigenvalue weighted by Crippen LogP contribution is 2.21. The molecule has 0 amide bonds. The second kappa shape index (κ2) is 4.97. The summed E-state index contributed by atoms with van der Waals surface area (Å²) in [6.45, 7) is 0. The lowest BCUT2D eigenvalue weighted by Gasteiger charge is -2.04. The second-order valence-corrected chi connectivity index (χ2v) is 3.48. The summed E-state index contributed by atoms with van der Waals surface area (Å²) in [5, 5.41) is 0.0997. The van der Waals surface area contributed by atoms with Gasteiger partial charge in [0.15, 0.2) is 5.82 Å². The van der Waals surface area contributed by atoms with Gasteiger partial charge in [-0.1, -0.05) is 0 Å². The number of nitrogens with zero attached hydrogens (tertiary/aromatic N) is 3. The summed E-state index contributed by atoms with van der Waals surface area (Å²) in [6.07, 6.45) is 0. The van der Waals surface area contributed by atoms with E-state index in [1.807, 2.05) is 24.3 Å². The normalized spacial score (nSPS) is 10.1. The second-order valence-electron chi connectivity index (χ2n) is 3.14. The number of benzene rings is 1. The van der Waals surface area contributed by atoms with Crippen LogP contribution in [0.15, 0.2) is 24.3 Å². The average molecular weight is 252 g/mol. The minimum absolute atomic E-state index is 0.0997. The van der Waals surface area contributed by atoms with Crippen LogP contribution in [0, 0.1) is 0 Å². The van der Waals surface area contributed by atoms with Gasteiger partial charge < -0.3 is 9.47 Å². The van der Waals surface area contributed by atoms with Crippen LogP contribution in [0.4, 0.5) is 0 Å². The zero-order valence-electron chi connectivity index (χ0n) is 9.35. The van der Waals surface area contributed by atoms with E-state index in [1.54, 1.807) is 7.11 Å². The summed E-state index contributed by atoms with van der Waals surface area (Å²) in [5.74, 6) is 1.23. The number of aromatic nitrogens is 3. The molecule has 5 nitrogen and oxygen atoms in total. The lowest BCUT2D eigenvalue weighted by atomic mass is 10.2. The van der Waals surface area contributed by atoms with Gasteiger partial charge in [-0.3, -0.25) is 0 Å². The Balaban J connectivity index is 2.41. The third-order valence-corrected chi connectivity index (χ3v) is 2.29. The molecule has 0 unspecified atom stereocenters. The SMILES string of the molecule is COc1ccc(-c2nc(Cl)nc(OC)n2)cc1. The zero-order chi connectivity index (χ0) is 12.3. The van der Waals surface area contributed by atoms with E-state index in [0.717, 1.165) is 11.3 Å². The topological polar surface area (TPSA) is 57.1 Å². The average Bonchev–Trinajstić information content (AvgIpc) is 2.38. The van der Waals surface area contributed by atoms with Crippen molar-refractivity contribution in [2.45, 2.75) is 0 Å². The van der Waals surface area contributed by atoms with E-state index >= 15 is 0 Å². The van der Waals surface area contributed by atoms with Crippen LogP contribution < -0.4 is 9.47 Å². The van der Waals surface area contributed by atoms with Crippen molar-refractivity contribution < 1.29 is 9.47 Å². The number of hydrogen-bond acceptors (Lipinski definition) is 5. The fourth-order valence-corrected chi connectivity index (χ4v) is 1.44. The maximum Gasteiger partial charge on any atom is 0.321 e. The minimum Gasteiger partial charge on any atom is -0.497 e. The van der Waals surface area contributed by atoms with Crippen LogP contribution in [0.25, 0.3) is 11.4 Å². The summed E-state index contributed by atoms with van der Waals surface area (Å²) >= 11 is 5.77. The van der Waals surface area contributed by atoms with Crippen molar-refractivity contribution in [1.29, 1.82) is 0 Å². The predicted molar refractivity (Wildman–Crippen MR) is 63.4 cm³/mol. The Morgan fingerprint density at radius 3 is 2.24 bits per heavy atom. The molecular weight excluding hydrogens is 242 g/mol. The van der Waals surface area contributed by atoms with Crippen molar-refractivity contribution >= 4 is 11.6 Å². The molecule has 1 heterocycles. The van der Waals surface area contributed by atoms with E-state index in [9.17, 15) is 0 Å². The van der Waals surface area contributed by atoms with E-state index in [1.165, 1.54) is 7.11 Å². The van der Waals surface area contributed by atoms with Crippen LogP contribution in [0.5, 0.6) is 11.8 Å². The molecule has 0 fully saturated rings. The highest BCUT2D eigenvalue weighted by Gasteiger charge is 2.07. The number of rotatable bonds is 3. The fraction of sp³-hybridized carbons (Fsp3) is 0.182. The van der Waals surface area contributed by atoms with Gasteiger partial charge in [-0.25, -0.2) is 0 Å². The summed E-state index contributed by atoms with van der Waals surface area (Å²) in [7, 11) is 3.08. The monoisotopic (exact) mass is 251 g/mol. The highest BCUT2D eigenvalue weighted by molar-refractivity contribution is 6.28. The fourth-order valence-electron chi connectivity index (χ4n) is 1.29. The molecule has 2 rings (SSSR count). The molecule has 0 aliphatic heterocycles. The lowest BCUT2D eigenvalue weighted by Crippen LogP contribution is -1.97. The van der Waals surface area contributed by atoms with Crippen LogP contribution in [0.3, 0.4) is 0 Å². The molecule has 0 aliphatic carbocycles. The molecule has 0 N–H and O–H groups in total. The molecule has 0 saturated heterocycles. The van der Waals surface area contributed by atoms with Crippen molar-refractivity contribution in [1.82, 2.24) is 15.0 Å².